The molecule has 24 heavy (non-hydrogen) atoms. The molecule has 3 rings (SSSR count). The maximum absolute atomic E-state index is 12.5. The molecule has 6 nitrogen and oxygen atoms in total. The van der Waals surface area contributed by atoms with Gasteiger partial charge in [-0.1, -0.05) is 19.1 Å². The number of nitrogens with zero attached hydrogens (tertiary/aromatic N) is 3. The summed E-state index contributed by atoms with van der Waals surface area (Å²) in [5.41, 5.74) is 7.24. The number of nitrogens with two attached hydrogens (primary N) is 1. The number of hydrogen-bond acceptors (Lipinski definition) is 4. The van der Waals surface area contributed by atoms with Crippen molar-refractivity contribution in [3.63, 3.8) is 0 Å². The Labute approximate surface area is 147 Å². The third kappa shape index (κ3) is 3.30. The van der Waals surface area contributed by atoms with Crippen LogP contribution in [0.2, 0.25) is 0 Å². The Bertz CT molecular complexity index is 820. The van der Waals surface area contributed by atoms with Crippen LogP contribution in [0.4, 0.5) is 0 Å². The fourth-order valence-electron chi connectivity index (χ4n) is 3.10. The molecule has 0 aliphatic carbocycles. The van der Waals surface area contributed by atoms with Crippen LogP contribution in [0.25, 0.3) is 10.9 Å². The van der Waals surface area contributed by atoms with Crippen LogP contribution in [0.1, 0.15) is 18.9 Å². The van der Waals surface area contributed by atoms with E-state index in [-0.39, 0.29) is 35.8 Å². The summed E-state index contributed by atoms with van der Waals surface area (Å²) in [4.78, 5) is 31.1. The lowest BCUT2D eigenvalue weighted by Crippen LogP contribution is -2.38. The number of carbonyl (C=O) groups excluding carboxylic acids is 1. The van der Waals surface area contributed by atoms with Crippen molar-refractivity contribution >= 4 is 29.2 Å². The third-order valence-corrected chi connectivity index (χ3v) is 4.76. The van der Waals surface area contributed by atoms with Crippen molar-refractivity contribution in [3.05, 3.63) is 40.4 Å². The minimum absolute atomic E-state index is 0. The summed E-state index contributed by atoms with van der Waals surface area (Å²) in [7, 11) is 0. The summed E-state index contributed by atoms with van der Waals surface area (Å²) in [6, 6.07) is 5.50. The van der Waals surface area contributed by atoms with E-state index < -0.39 is 0 Å². The molecule has 1 aliphatic rings. The standard InChI is InChI=1S/C17H22N4O2.ClH/c1-12-4-3-5-13-15(12)19-11-21(16(13)23)8-14(22)20-7-6-17(2,9-18)10-20;/h3-5,11H,6-10,18H2,1-2H3;1H. The molecule has 0 saturated carbocycles. The van der Waals surface area contributed by atoms with Crippen molar-refractivity contribution in [1.29, 1.82) is 0 Å². The van der Waals surface area contributed by atoms with E-state index in [0.717, 1.165) is 12.0 Å². The van der Waals surface area contributed by atoms with Crippen LogP contribution in [-0.2, 0) is 11.3 Å². The second-order valence-corrected chi connectivity index (χ2v) is 6.73. The van der Waals surface area contributed by atoms with Crippen molar-refractivity contribution < 1.29 is 4.79 Å². The molecule has 0 radical (unpaired) electrons. The van der Waals surface area contributed by atoms with E-state index in [4.69, 9.17) is 5.73 Å². The lowest BCUT2D eigenvalue weighted by molar-refractivity contribution is -0.131. The first-order chi connectivity index (χ1) is 10.9. The van der Waals surface area contributed by atoms with Crippen molar-refractivity contribution in [1.82, 2.24) is 14.5 Å². The zero-order valence-electron chi connectivity index (χ0n) is 14.0. The first-order valence-corrected chi connectivity index (χ1v) is 7.86. The number of rotatable bonds is 3. The number of fused-ring (bicyclic) bond motifs is 1. The molecule has 1 amide bonds. The SMILES string of the molecule is Cc1cccc2c(=O)n(CC(=O)N3CCC(C)(CN)C3)cnc12.Cl. The maximum Gasteiger partial charge on any atom is 0.261 e. The van der Waals surface area contributed by atoms with E-state index in [0.29, 0.717) is 30.5 Å². The van der Waals surface area contributed by atoms with Gasteiger partial charge < -0.3 is 10.6 Å². The number of hydrogen-bond donors (Lipinski definition) is 1. The van der Waals surface area contributed by atoms with E-state index in [1.165, 1.54) is 10.9 Å². The van der Waals surface area contributed by atoms with E-state index in [9.17, 15) is 9.59 Å². The second kappa shape index (κ2) is 6.91. The monoisotopic (exact) mass is 350 g/mol. The summed E-state index contributed by atoms with van der Waals surface area (Å²) in [6.45, 7) is 5.94. The van der Waals surface area contributed by atoms with Gasteiger partial charge in [0.2, 0.25) is 5.91 Å². The van der Waals surface area contributed by atoms with Crippen LogP contribution in [0.15, 0.2) is 29.3 Å². The summed E-state index contributed by atoms with van der Waals surface area (Å²) in [6.07, 6.45) is 2.37. The molecule has 2 aromatic rings. The Kier molecular flexibility index (Phi) is 5.30. The molecular weight excluding hydrogens is 328 g/mol. The number of halogens is 1. The number of aryl methyl sites for hydroxylation is 1. The molecule has 1 atom stereocenters. The fraction of sp³-hybridized carbons (Fsp3) is 0.471. The Balaban J connectivity index is 0.00000208. The minimum Gasteiger partial charge on any atom is -0.341 e. The van der Waals surface area contributed by atoms with Gasteiger partial charge in [-0.25, -0.2) is 4.98 Å². The van der Waals surface area contributed by atoms with E-state index in [1.54, 1.807) is 11.0 Å². The highest BCUT2D eigenvalue weighted by atomic mass is 35.5. The van der Waals surface area contributed by atoms with Crippen LogP contribution in [0.5, 0.6) is 0 Å². The van der Waals surface area contributed by atoms with Gasteiger partial charge in [0.05, 0.1) is 17.2 Å². The van der Waals surface area contributed by atoms with E-state index >= 15 is 0 Å². The topological polar surface area (TPSA) is 81.2 Å². The van der Waals surface area contributed by atoms with Gasteiger partial charge in [0.1, 0.15) is 6.54 Å². The Morgan fingerprint density at radius 2 is 2.17 bits per heavy atom. The van der Waals surface area contributed by atoms with Gasteiger partial charge in [-0.15, -0.1) is 12.4 Å². The predicted molar refractivity (Wildman–Crippen MR) is 96.3 cm³/mol. The average Bonchev–Trinajstić information content (AvgIpc) is 2.94. The zero-order chi connectivity index (χ0) is 16.6. The number of carbonyl (C=O) groups is 1. The van der Waals surface area contributed by atoms with Crippen molar-refractivity contribution in [2.75, 3.05) is 19.6 Å². The van der Waals surface area contributed by atoms with E-state index in [2.05, 4.69) is 11.9 Å². The molecule has 1 unspecified atom stereocenters. The number of amides is 1. The number of para-hydroxylation sites is 1. The molecule has 1 fully saturated rings. The normalized spacial score (nSPS) is 20.2. The van der Waals surface area contributed by atoms with Gasteiger partial charge >= 0.3 is 0 Å². The maximum atomic E-state index is 12.5. The Morgan fingerprint density at radius 3 is 2.83 bits per heavy atom. The summed E-state index contributed by atoms with van der Waals surface area (Å²) in [5.74, 6) is -0.0573. The van der Waals surface area contributed by atoms with Crippen molar-refractivity contribution in [2.24, 2.45) is 11.1 Å². The largest absolute Gasteiger partial charge is 0.341 e. The molecule has 130 valence electrons. The van der Waals surface area contributed by atoms with Crippen LogP contribution in [-0.4, -0.2) is 40.0 Å². The van der Waals surface area contributed by atoms with Crippen LogP contribution < -0.4 is 11.3 Å². The molecule has 2 N–H and O–H groups in total. The summed E-state index contributed by atoms with van der Waals surface area (Å²) < 4.78 is 1.39. The fourth-order valence-corrected chi connectivity index (χ4v) is 3.10. The van der Waals surface area contributed by atoms with Crippen molar-refractivity contribution in [2.45, 2.75) is 26.8 Å². The molecule has 7 heteroatoms. The first kappa shape index (κ1) is 18.4. The van der Waals surface area contributed by atoms with Gasteiger partial charge in [-0.2, -0.15) is 0 Å². The number of benzene rings is 1. The van der Waals surface area contributed by atoms with Crippen LogP contribution in [0, 0.1) is 12.3 Å². The molecule has 1 aliphatic heterocycles. The summed E-state index contributed by atoms with van der Waals surface area (Å²) >= 11 is 0. The Morgan fingerprint density at radius 1 is 1.42 bits per heavy atom. The summed E-state index contributed by atoms with van der Waals surface area (Å²) in [5, 5.41) is 0.550. The molecule has 1 saturated heterocycles. The average molecular weight is 351 g/mol. The quantitative estimate of drug-likeness (QED) is 0.905. The molecule has 0 bridgehead atoms. The lowest BCUT2D eigenvalue weighted by Gasteiger charge is -2.22. The highest BCUT2D eigenvalue weighted by molar-refractivity contribution is 5.85. The van der Waals surface area contributed by atoms with E-state index in [1.807, 2.05) is 19.1 Å². The van der Waals surface area contributed by atoms with Gasteiger partial charge in [-0.05, 0) is 36.9 Å². The predicted octanol–water partition coefficient (Wildman–Crippen LogP) is 1.32. The van der Waals surface area contributed by atoms with Crippen LogP contribution >= 0.6 is 12.4 Å². The second-order valence-electron chi connectivity index (χ2n) is 6.73. The minimum atomic E-state index is -0.173. The molecular formula is C17H23ClN4O2. The van der Waals surface area contributed by atoms with Crippen LogP contribution in [0.3, 0.4) is 0 Å². The van der Waals surface area contributed by atoms with Crippen molar-refractivity contribution in [3.8, 4) is 0 Å². The molecule has 0 spiro atoms. The molecule has 1 aromatic heterocycles. The molecule has 1 aromatic carbocycles. The van der Waals surface area contributed by atoms with Gasteiger partial charge in [0, 0.05) is 13.1 Å². The third-order valence-electron chi connectivity index (χ3n) is 4.76. The Hall–Kier alpha value is -1.92. The highest BCUT2D eigenvalue weighted by Gasteiger charge is 2.34. The number of aromatic nitrogens is 2. The highest BCUT2D eigenvalue weighted by Crippen LogP contribution is 2.28. The van der Waals surface area contributed by atoms with Gasteiger partial charge in [0.25, 0.3) is 5.56 Å². The van der Waals surface area contributed by atoms with Gasteiger partial charge in [0.15, 0.2) is 0 Å². The van der Waals surface area contributed by atoms with Gasteiger partial charge in [-0.3, -0.25) is 14.2 Å². The first-order valence-electron chi connectivity index (χ1n) is 7.86. The smallest absolute Gasteiger partial charge is 0.261 e. The number of likely N-dealkylation sites (tertiary alicyclic amines) is 1. The molecule has 2 heterocycles. The zero-order valence-corrected chi connectivity index (χ0v) is 14.8. The lowest BCUT2D eigenvalue weighted by atomic mass is 9.90.